The van der Waals surface area contributed by atoms with E-state index in [9.17, 15) is 23.2 Å². The standard InChI is InChI=1S/C21H26F2N2O4/c1-12(2)20(21(28)29-15-7-8-15)24-17(26)10-14-6-9-18(27)25(14)11-13-4-3-5-16(22)19(13)23/h3-5,12,14-15,20H,6-11H2,1-2H3,(H,24,26)/t14-,20-/m0/s1. The number of amides is 2. The second-order valence-electron chi connectivity index (χ2n) is 8.06. The summed E-state index contributed by atoms with van der Waals surface area (Å²) >= 11 is 0. The molecule has 2 aliphatic rings. The van der Waals surface area contributed by atoms with E-state index in [1.807, 2.05) is 13.8 Å². The lowest BCUT2D eigenvalue weighted by atomic mass is 10.0. The molecule has 1 N–H and O–H groups in total. The summed E-state index contributed by atoms with van der Waals surface area (Å²) in [5, 5.41) is 2.71. The number of carbonyl (C=O) groups excluding carboxylic acids is 3. The summed E-state index contributed by atoms with van der Waals surface area (Å²) < 4.78 is 32.7. The van der Waals surface area contributed by atoms with Crippen LogP contribution in [0.2, 0.25) is 0 Å². The Hall–Kier alpha value is -2.51. The monoisotopic (exact) mass is 408 g/mol. The molecule has 3 rings (SSSR count). The third kappa shape index (κ3) is 5.31. The number of halogens is 2. The van der Waals surface area contributed by atoms with Gasteiger partial charge in [0.15, 0.2) is 11.6 Å². The topological polar surface area (TPSA) is 75.7 Å². The van der Waals surface area contributed by atoms with E-state index in [-0.39, 0.29) is 48.8 Å². The fraction of sp³-hybridized carbons (Fsp3) is 0.571. The third-order valence-corrected chi connectivity index (χ3v) is 5.29. The number of nitrogens with one attached hydrogen (secondary N) is 1. The van der Waals surface area contributed by atoms with Crippen molar-refractivity contribution in [3.63, 3.8) is 0 Å². The summed E-state index contributed by atoms with van der Waals surface area (Å²) in [4.78, 5) is 38.5. The number of nitrogens with zero attached hydrogens (tertiary/aromatic N) is 1. The molecule has 0 bridgehead atoms. The molecule has 0 unspecified atom stereocenters. The number of benzene rings is 1. The molecule has 1 heterocycles. The van der Waals surface area contributed by atoms with Crippen LogP contribution in [-0.4, -0.2) is 40.9 Å². The summed E-state index contributed by atoms with van der Waals surface area (Å²) in [6.45, 7) is 3.53. The molecule has 2 fully saturated rings. The van der Waals surface area contributed by atoms with E-state index in [1.165, 1.54) is 17.0 Å². The van der Waals surface area contributed by atoms with Crippen LogP contribution in [0.1, 0.15) is 51.5 Å². The maximum absolute atomic E-state index is 14.0. The second-order valence-corrected chi connectivity index (χ2v) is 8.06. The number of carbonyl (C=O) groups is 3. The fourth-order valence-electron chi connectivity index (χ4n) is 3.44. The van der Waals surface area contributed by atoms with Crippen molar-refractivity contribution < 1.29 is 27.9 Å². The maximum atomic E-state index is 14.0. The zero-order chi connectivity index (χ0) is 21.1. The van der Waals surface area contributed by atoms with Crippen LogP contribution < -0.4 is 5.32 Å². The SMILES string of the molecule is CC(C)[C@H](NC(=O)C[C@@H]1CCC(=O)N1Cc1cccc(F)c1F)C(=O)OC1CC1. The number of rotatable bonds is 8. The van der Waals surface area contributed by atoms with Crippen LogP contribution in [0.4, 0.5) is 8.78 Å². The van der Waals surface area contributed by atoms with E-state index in [0.717, 1.165) is 18.9 Å². The van der Waals surface area contributed by atoms with E-state index in [0.29, 0.717) is 6.42 Å². The fourth-order valence-corrected chi connectivity index (χ4v) is 3.44. The zero-order valence-electron chi connectivity index (χ0n) is 16.6. The van der Waals surface area contributed by atoms with Crippen LogP contribution >= 0.6 is 0 Å². The molecule has 0 radical (unpaired) electrons. The summed E-state index contributed by atoms with van der Waals surface area (Å²) in [6, 6.07) is 2.63. The smallest absolute Gasteiger partial charge is 0.329 e. The predicted molar refractivity (Wildman–Crippen MR) is 100 cm³/mol. The van der Waals surface area contributed by atoms with Crippen molar-refractivity contribution in [2.24, 2.45) is 5.92 Å². The van der Waals surface area contributed by atoms with Crippen LogP contribution in [0, 0.1) is 17.6 Å². The van der Waals surface area contributed by atoms with Crippen molar-refractivity contribution in [1.29, 1.82) is 0 Å². The average molecular weight is 408 g/mol. The number of likely N-dealkylation sites (tertiary alicyclic amines) is 1. The molecule has 0 spiro atoms. The summed E-state index contributed by atoms with van der Waals surface area (Å²) in [7, 11) is 0. The van der Waals surface area contributed by atoms with E-state index >= 15 is 0 Å². The van der Waals surface area contributed by atoms with Crippen LogP contribution in [0.15, 0.2) is 18.2 Å². The quantitative estimate of drug-likeness (QED) is 0.671. The van der Waals surface area contributed by atoms with Gasteiger partial charge in [0.1, 0.15) is 12.1 Å². The van der Waals surface area contributed by atoms with Crippen molar-refractivity contribution in [2.75, 3.05) is 0 Å². The Morgan fingerprint density at radius 2 is 1.97 bits per heavy atom. The minimum absolute atomic E-state index is 0.0113. The molecular weight excluding hydrogens is 382 g/mol. The van der Waals surface area contributed by atoms with Crippen molar-refractivity contribution >= 4 is 17.8 Å². The number of ether oxygens (including phenoxy) is 1. The largest absolute Gasteiger partial charge is 0.461 e. The zero-order valence-corrected chi connectivity index (χ0v) is 16.6. The number of hydrogen-bond donors (Lipinski definition) is 1. The normalized spacial score (nSPS) is 20.1. The molecule has 0 aromatic heterocycles. The predicted octanol–water partition coefficient (Wildman–Crippen LogP) is 2.69. The summed E-state index contributed by atoms with van der Waals surface area (Å²) in [6.07, 6.45) is 2.32. The molecule has 1 saturated heterocycles. The van der Waals surface area contributed by atoms with Crippen molar-refractivity contribution in [3.8, 4) is 0 Å². The van der Waals surface area contributed by atoms with Crippen LogP contribution in [0.3, 0.4) is 0 Å². The molecule has 2 atom stereocenters. The molecule has 6 nitrogen and oxygen atoms in total. The van der Waals surface area contributed by atoms with Gasteiger partial charge in [0, 0.05) is 31.0 Å². The Balaban J connectivity index is 1.62. The van der Waals surface area contributed by atoms with Gasteiger partial charge in [0.25, 0.3) is 0 Å². The maximum Gasteiger partial charge on any atom is 0.329 e. The van der Waals surface area contributed by atoms with E-state index < -0.39 is 29.7 Å². The molecule has 1 saturated carbocycles. The summed E-state index contributed by atoms with van der Waals surface area (Å²) in [5.41, 5.74) is 0.0683. The molecule has 1 aromatic rings. The Morgan fingerprint density at radius 3 is 2.62 bits per heavy atom. The average Bonchev–Trinajstić information content (AvgIpc) is 3.41. The van der Waals surface area contributed by atoms with Gasteiger partial charge in [0.05, 0.1) is 0 Å². The molecule has 1 aliphatic heterocycles. The first-order chi connectivity index (χ1) is 13.8. The minimum atomic E-state index is -0.988. The highest BCUT2D eigenvalue weighted by atomic mass is 19.2. The Kier molecular flexibility index (Phi) is 6.49. The molecule has 1 aromatic carbocycles. The van der Waals surface area contributed by atoms with Crippen LogP contribution in [-0.2, 0) is 25.7 Å². The molecule has 29 heavy (non-hydrogen) atoms. The Labute approximate surface area is 168 Å². The lowest BCUT2D eigenvalue weighted by molar-refractivity contribution is -0.150. The van der Waals surface area contributed by atoms with E-state index in [1.54, 1.807) is 0 Å². The molecule has 1 aliphatic carbocycles. The molecular formula is C21H26F2N2O4. The minimum Gasteiger partial charge on any atom is -0.461 e. The van der Waals surface area contributed by atoms with Crippen LogP contribution in [0.25, 0.3) is 0 Å². The van der Waals surface area contributed by atoms with Gasteiger partial charge in [-0.05, 0) is 31.2 Å². The highest BCUT2D eigenvalue weighted by molar-refractivity contribution is 5.86. The first kappa shape index (κ1) is 21.2. The first-order valence-corrected chi connectivity index (χ1v) is 9.98. The van der Waals surface area contributed by atoms with E-state index in [2.05, 4.69) is 5.32 Å². The van der Waals surface area contributed by atoms with Crippen LogP contribution in [0.5, 0.6) is 0 Å². The van der Waals surface area contributed by atoms with Gasteiger partial charge in [-0.3, -0.25) is 9.59 Å². The Bertz CT molecular complexity index is 795. The lowest BCUT2D eigenvalue weighted by Crippen LogP contribution is -2.47. The highest BCUT2D eigenvalue weighted by Crippen LogP contribution is 2.26. The molecule has 8 heteroatoms. The van der Waals surface area contributed by atoms with Crippen molar-refractivity contribution in [2.45, 2.75) is 70.7 Å². The van der Waals surface area contributed by atoms with Gasteiger partial charge in [0.2, 0.25) is 11.8 Å². The Morgan fingerprint density at radius 1 is 1.24 bits per heavy atom. The first-order valence-electron chi connectivity index (χ1n) is 9.98. The molecule has 2 amide bonds. The van der Waals surface area contributed by atoms with Gasteiger partial charge in [-0.15, -0.1) is 0 Å². The number of esters is 1. The third-order valence-electron chi connectivity index (χ3n) is 5.29. The summed E-state index contributed by atoms with van der Waals surface area (Å²) in [5.74, 6) is -3.14. The van der Waals surface area contributed by atoms with Gasteiger partial charge >= 0.3 is 5.97 Å². The van der Waals surface area contributed by atoms with Gasteiger partial charge in [-0.25, -0.2) is 13.6 Å². The highest BCUT2D eigenvalue weighted by Gasteiger charge is 2.36. The number of hydrogen-bond acceptors (Lipinski definition) is 4. The van der Waals surface area contributed by atoms with E-state index in [4.69, 9.17) is 4.74 Å². The van der Waals surface area contributed by atoms with Gasteiger partial charge in [-0.1, -0.05) is 26.0 Å². The van der Waals surface area contributed by atoms with Gasteiger partial charge < -0.3 is 15.0 Å². The lowest BCUT2D eigenvalue weighted by Gasteiger charge is -2.26. The molecule has 158 valence electrons. The van der Waals surface area contributed by atoms with Crippen molar-refractivity contribution in [1.82, 2.24) is 10.2 Å². The van der Waals surface area contributed by atoms with Crippen molar-refractivity contribution in [3.05, 3.63) is 35.4 Å². The van der Waals surface area contributed by atoms with Gasteiger partial charge in [-0.2, -0.15) is 0 Å². The second kappa shape index (κ2) is 8.88.